The molecule has 3 unspecified atom stereocenters. The van der Waals surface area contributed by atoms with Gasteiger partial charge in [-0.05, 0) is 50.4 Å². The van der Waals surface area contributed by atoms with Gasteiger partial charge in [0.15, 0.2) is 0 Å². The van der Waals surface area contributed by atoms with E-state index in [0.29, 0.717) is 43.2 Å². The molecule has 318 valence electrons. The van der Waals surface area contributed by atoms with Crippen LogP contribution in [0.25, 0.3) is 0 Å². The second kappa shape index (κ2) is 39.6. The van der Waals surface area contributed by atoms with E-state index in [1.165, 1.54) is 128 Å². The number of halogens is 1. The van der Waals surface area contributed by atoms with Crippen LogP contribution < -0.4 is 0 Å². The van der Waals surface area contributed by atoms with Crippen LogP contribution in [0.15, 0.2) is 0 Å². The van der Waals surface area contributed by atoms with Crippen molar-refractivity contribution in [2.75, 3.05) is 25.2 Å². The Kier molecular flexibility index (Phi) is 38.4. The van der Waals surface area contributed by atoms with Crippen LogP contribution in [0.5, 0.6) is 0 Å². The molecule has 3 atom stereocenters. The number of hydrogen-bond donors (Lipinski definition) is 0. The van der Waals surface area contributed by atoms with Crippen LogP contribution in [-0.2, 0) is 38.1 Å². The number of esters is 4. The molecule has 0 amide bonds. The minimum Gasteiger partial charge on any atom is -0.465 e. The zero-order valence-corrected chi connectivity index (χ0v) is 37.0. The van der Waals surface area contributed by atoms with Crippen LogP contribution in [0, 0.1) is 11.8 Å². The van der Waals surface area contributed by atoms with Crippen LogP contribution in [-0.4, -0.2) is 55.1 Å². The summed E-state index contributed by atoms with van der Waals surface area (Å²) in [6.07, 6.45) is 29.8. The maximum atomic E-state index is 12.5. The van der Waals surface area contributed by atoms with Gasteiger partial charge in [0.25, 0.3) is 0 Å². The topological polar surface area (TPSA) is 105 Å². The van der Waals surface area contributed by atoms with Crippen molar-refractivity contribution < 1.29 is 38.1 Å². The average molecular weight is 832 g/mol. The lowest BCUT2D eigenvalue weighted by molar-refractivity contribution is -0.158. The fourth-order valence-corrected chi connectivity index (χ4v) is 7.02. The first-order chi connectivity index (χ1) is 26.3. The Morgan fingerprint density at radius 3 is 1.04 bits per heavy atom. The Balaban J connectivity index is 4.34. The van der Waals surface area contributed by atoms with Crippen LogP contribution in [0.4, 0.5) is 0 Å². The Morgan fingerprint density at radius 1 is 0.389 bits per heavy atom. The fraction of sp³-hybridized carbons (Fsp3) is 0.911. The van der Waals surface area contributed by atoms with E-state index in [1.807, 2.05) is 0 Å². The first-order valence-electron chi connectivity index (χ1n) is 22.5. The first kappa shape index (κ1) is 52.4. The third kappa shape index (κ3) is 34.8. The zero-order chi connectivity index (χ0) is 39.9. The standard InChI is InChI=1S/C45H83BrO8/c1-5-9-13-17-19-23-29-39(27-21-15-11-7-3)36-51-42(47)31-25-32-44(49)53-38-41(35-46)54-45(50)34-26-33-43(48)52-37-40(28-22-16-12-8-4)30-24-20-18-14-10-6-2/h39-41H,5-38H2,1-4H3. The molecule has 0 aromatic carbocycles. The highest BCUT2D eigenvalue weighted by Gasteiger charge is 2.18. The van der Waals surface area contributed by atoms with Crippen LogP contribution in [0.2, 0.25) is 0 Å². The summed E-state index contributed by atoms with van der Waals surface area (Å²) in [5.74, 6) is -0.611. The van der Waals surface area contributed by atoms with E-state index in [-0.39, 0.29) is 44.2 Å². The van der Waals surface area contributed by atoms with Gasteiger partial charge in [0.05, 0.1) is 13.2 Å². The first-order valence-corrected chi connectivity index (χ1v) is 23.6. The van der Waals surface area contributed by atoms with Gasteiger partial charge < -0.3 is 18.9 Å². The molecule has 0 aliphatic carbocycles. The number of carbonyl (C=O) groups excluding carboxylic acids is 4. The lowest BCUT2D eigenvalue weighted by atomic mass is 9.95. The second-order valence-corrected chi connectivity index (χ2v) is 16.2. The van der Waals surface area contributed by atoms with E-state index >= 15 is 0 Å². The smallest absolute Gasteiger partial charge is 0.306 e. The molecule has 9 heteroatoms. The Bertz CT molecular complexity index is 897. The summed E-state index contributed by atoms with van der Waals surface area (Å²) in [7, 11) is 0. The van der Waals surface area contributed by atoms with Crippen molar-refractivity contribution >= 4 is 39.8 Å². The lowest BCUT2D eigenvalue weighted by Gasteiger charge is -2.17. The molecule has 0 aliphatic rings. The van der Waals surface area contributed by atoms with E-state index < -0.39 is 18.0 Å². The Morgan fingerprint density at radius 2 is 0.685 bits per heavy atom. The molecule has 0 saturated heterocycles. The van der Waals surface area contributed by atoms with Gasteiger partial charge in [-0.25, -0.2) is 0 Å². The molecule has 0 aromatic heterocycles. The summed E-state index contributed by atoms with van der Waals surface area (Å²) >= 11 is 3.33. The summed E-state index contributed by atoms with van der Waals surface area (Å²) in [6.45, 7) is 9.75. The molecule has 0 aliphatic heterocycles. The SMILES string of the molecule is CCCCCCCCC(CCCCCC)COC(=O)CCCC(=O)OCC(CBr)OC(=O)CCCC(=O)OCC(CCCCCC)CCCCCCCC. The zero-order valence-electron chi connectivity index (χ0n) is 35.4. The third-order valence-electron chi connectivity index (χ3n) is 10.2. The van der Waals surface area contributed by atoms with Gasteiger partial charge in [-0.15, -0.1) is 0 Å². The Labute approximate surface area is 340 Å². The molecule has 0 spiro atoms. The van der Waals surface area contributed by atoms with E-state index in [1.54, 1.807) is 0 Å². The summed E-state index contributed by atoms with van der Waals surface area (Å²) in [4.78, 5) is 49.7. The van der Waals surface area contributed by atoms with Crippen molar-refractivity contribution in [3.63, 3.8) is 0 Å². The van der Waals surface area contributed by atoms with Gasteiger partial charge in [0.1, 0.15) is 12.7 Å². The van der Waals surface area contributed by atoms with Gasteiger partial charge in [-0.1, -0.05) is 172 Å². The monoisotopic (exact) mass is 831 g/mol. The molecule has 8 nitrogen and oxygen atoms in total. The fourth-order valence-electron chi connectivity index (χ4n) is 6.70. The Hall–Kier alpha value is -1.64. The molecule has 0 bridgehead atoms. The minimum atomic E-state index is -0.630. The highest BCUT2D eigenvalue weighted by atomic mass is 79.9. The van der Waals surface area contributed by atoms with Crippen molar-refractivity contribution in [1.29, 1.82) is 0 Å². The highest BCUT2D eigenvalue weighted by molar-refractivity contribution is 9.09. The summed E-state index contributed by atoms with van der Waals surface area (Å²) in [6, 6.07) is 0. The van der Waals surface area contributed by atoms with E-state index in [4.69, 9.17) is 18.9 Å². The van der Waals surface area contributed by atoms with Crippen LogP contribution >= 0.6 is 15.9 Å². The normalized spacial score (nSPS) is 12.9. The third-order valence-corrected chi connectivity index (χ3v) is 11.0. The summed E-state index contributed by atoms with van der Waals surface area (Å²) < 4.78 is 22.1. The van der Waals surface area contributed by atoms with Gasteiger partial charge in [0, 0.05) is 31.0 Å². The predicted molar refractivity (Wildman–Crippen MR) is 225 cm³/mol. The van der Waals surface area contributed by atoms with Gasteiger partial charge >= 0.3 is 23.9 Å². The lowest BCUT2D eigenvalue weighted by Crippen LogP contribution is -2.26. The molecule has 0 aromatic rings. The summed E-state index contributed by atoms with van der Waals surface area (Å²) in [5.41, 5.74) is 0. The number of hydrogen-bond acceptors (Lipinski definition) is 8. The van der Waals surface area contributed by atoms with E-state index in [0.717, 1.165) is 25.7 Å². The molecule has 0 heterocycles. The van der Waals surface area contributed by atoms with E-state index in [2.05, 4.69) is 43.6 Å². The minimum absolute atomic E-state index is 0.0707. The molecule has 0 fully saturated rings. The van der Waals surface area contributed by atoms with Crippen LogP contribution in [0.1, 0.15) is 220 Å². The molecular formula is C45H83BrO8. The number of alkyl halides is 1. The second-order valence-electron chi connectivity index (χ2n) is 15.6. The number of carbonyl (C=O) groups is 4. The molecule has 0 saturated carbocycles. The van der Waals surface area contributed by atoms with Gasteiger partial charge in [-0.3, -0.25) is 19.2 Å². The van der Waals surface area contributed by atoms with Crippen molar-refractivity contribution in [3.8, 4) is 0 Å². The van der Waals surface area contributed by atoms with Gasteiger partial charge in [-0.2, -0.15) is 0 Å². The number of rotatable bonds is 40. The van der Waals surface area contributed by atoms with Crippen LogP contribution in [0.3, 0.4) is 0 Å². The highest BCUT2D eigenvalue weighted by Crippen LogP contribution is 2.21. The van der Waals surface area contributed by atoms with Gasteiger partial charge in [0.2, 0.25) is 0 Å². The van der Waals surface area contributed by atoms with Crippen molar-refractivity contribution in [1.82, 2.24) is 0 Å². The van der Waals surface area contributed by atoms with Crippen molar-refractivity contribution in [2.24, 2.45) is 11.8 Å². The quantitative estimate of drug-likeness (QED) is 0.0260. The number of unbranched alkanes of at least 4 members (excludes halogenated alkanes) is 16. The maximum absolute atomic E-state index is 12.5. The molecular weight excluding hydrogens is 748 g/mol. The average Bonchev–Trinajstić information content (AvgIpc) is 3.16. The summed E-state index contributed by atoms with van der Waals surface area (Å²) in [5, 5.41) is 0.316. The maximum Gasteiger partial charge on any atom is 0.306 e. The molecule has 0 rings (SSSR count). The van der Waals surface area contributed by atoms with E-state index in [9.17, 15) is 19.2 Å². The molecule has 54 heavy (non-hydrogen) atoms. The predicted octanol–water partition coefficient (Wildman–Crippen LogP) is 12.9. The molecule has 0 N–H and O–H groups in total. The van der Waals surface area contributed by atoms with Crippen molar-refractivity contribution in [2.45, 2.75) is 226 Å². The number of ether oxygens (including phenoxy) is 4. The largest absolute Gasteiger partial charge is 0.465 e. The molecule has 0 radical (unpaired) electrons. The van der Waals surface area contributed by atoms with Crippen molar-refractivity contribution in [3.05, 3.63) is 0 Å².